The van der Waals surface area contributed by atoms with Crippen LogP contribution in [-0.4, -0.2) is 37.9 Å². The van der Waals surface area contributed by atoms with Crippen molar-refractivity contribution in [1.82, 2.24) is 10.6 Å². The number of nitrogens with one attached hydrogen (secondary N) is 2. The van der Waals surface area contributed by atoms with Crippen molar-refractivity contribution in [3.8, 4) is 0 Å². The molecule has 0 bridgehead atoms. The van der Waals surface area contributed by atoms with E-state index in [9.17, 15) is 0 Å². The van der Waals surface area contributed by atoms with Crippen LogP contribution in [0.15, 0.2) is 0 Å². The normalized spacial score (nSPS) is 18.2. The third-order valence-corrected chi connectivity index (χ3v) is 2.89. The quantitative estimate of drug-likeness (QED) is 0.653. The molecule has 0 saturated heterocycles. The Labute approximate surface area is 100 Å². The van der Waals surface area contributed by atoms with Gasteiger partial charge in [0.1, 0.15) is 0 Å². The van der Waals surface area contributed by atoms with Gasteiger partial charge in [-0.25, -0.2) is 0 Å². The first kappa shape index (κ1) is 13.9. The van der Waals surface area contributed by atoms with E-state index < -0.39 is 0 Å². The first-order valence-electron chi connectivity index (χ1n) is 6.65. The standard InChI is InChI=1S/C13H28N2O/c1-13(2,3)15-9-8-14-10-11-16-12-6-4-5-7-12/h12,14-15H,4-11H2,1-3H3. The molecule has 0 aromatic rings. The zero-order valence-electron chi connectivity index (χ0n) is 11.1. The van der Waals surface area contributed by atoms with Gasteiger partial charge in [0.25, 0.3) is 0 Å². The van der Waals surface area contributed by atoms with Gasteiger partial charge in [0.2, 0.25) is 0 Å². The maximum atomic E-state index is 5.77. The Morgan fingerprint density at radius 2 is 1.75 bits per heavy atom. The van der Waals surface area contributed by atoms with Crippen LogP contribution in [0, 0.1) is 0 Å². The van der Waals surface area contributed by atoms with Gasteiger partial charge in [0.05, 0.1) is 12.7 Å². The van der Waals surface area contributed by atoms with Crippen LogP contribution >= 0.6 is 0 Å². The summed E-state index contributed by atoms with van der Waals surface area (Å²) in [4.78, 5) is 0. The number of rotatable bonds is 7. The van der Waals surface area contributed by atoms with Crippen LogP contribution in [0.3, 0.4) is 0 Å². The summed E-state index contributed by atoms with van der Waals surface area (Å²) in [5.74, 6) is 0. The largest absolute Gasteiger partial charge is 0.377 e. The van der Waals surface area contributed by atoms with E-state index in [1.54, 1.807) is 0 Å². The molecule has 0 atom stereocenters. The molecule has 0 radical (unpaired) electrons. The van der Waals surface area contributed by atoms with Crippen molar-refractivity contribution in [2.75, 3.05) is 26.2 Å². The zero-order valence-corrected chi connectivity index (χ0v) is 11.1. The number of hydrogen-bond acceptors (Lipinski definition) is 3. The lowest BCUT2D eigenvalue weighted by atomic mass is 10.1. The van der Waals surface area contributed by atoms with E-state index in [0.717, 1.165) is 26.2 Å². The summed E-state index contributed by atoms with van der Waals surface area (Å²) in [6, 6.07) is 0. The van der Waals surface area contributed by atoms with Crippen molar-refractivity contribution in [1.29, 1.82) is 0 Å². The molecular weight excluding hydrogens is 200 g/mol. The Morgan fingerprint density at radius 3 is 2.38 bits per heavy atom. The van der Waals surface area contributed by atoms with Crippen molar-refractivity contribution < 1.29 is 4.74 Å². The summed E-state index contributed by atoms with van der Waals surface area (Å²) in [5.41, 5.74) is 0.224. The van der Waals surface area contributed by atoms with Crippen LogP contribution in [0.4, 0.5) is 0 Å². The lowest BCUT2D eigenvalue weighted by Gasteiger charge is -2.20. The minimum absolute atomic E-state index is 0.224. The third-order valence-electron chi connectivity index (χ3n) is 2.89. The summed E-state index contributed by atoms with van der Waals surface area (Å²) in [6.45, 7) is 10.4. The highest BCUT2D eigenvalue weighted by molar-refractivity contribution is 4.70. The molecule has 1 saturated carbocycles. The van der Waals surface area contributed by atoms with Crippen LogP contribution in [0.25, 0.3) is 0 Å². The highest BCUT2D eigenvalue weighted by Crippen LogP contribution is 2.20. The molecule has 2 N–H and O–H groups in total. The second-order valence-electron chi connectivity index (χ2n) is 5.70. The van der Waals surface area contributed by atoms with E-state index in [1.807, 2.05) is 0 Å². The molecule has 3 heteroatoms. The van der Waals surface area contributed by atoms with Crippen molar-refractivity contribution in [2.24, 2.45) is 0 Å². The van der Waals surface area contributed by atoms with Crippen molar-refractivity contribution in [3.05, 3.63) is 0 Å². The molecular formula is C13H28N2O. The fourth-order valence-electron chi connectivity index (χ4n) is 2.00. The molecule has 0 aliphatic heterocycles. The Kier molecular flexibility index (Phi) is 6.32. The molecule has 0 amide bonds. The SMILES string of the molecule is CC(C)(C)NCCNCCOC1CCCC1. The average Bonchev–Trinajstić information content (AvgIpc) is 2.67. The molecule has 0 heterocycles. The molecule has 1 aliphatic rings. The predicted octanol–water partition coefficient (Wildman–Crippen LogP) is 1.92. The molecule has 0 spiro atoms. The zero-order chi connectivity index (χ0) is 11.9. The van der Waals surface area contributed by atoms with Gasteiger partial charge in [0, 0.05) is 25.2 Å². The summed E-state index contributed by atoms with van der Waals surface area (Å²) in [6.07, 6.45) is 5.80. The molecule has 3 nitrogen and oxygen atoms in total. The Bertz CT molecular complexity index is 171. The van der Waals surface area contributed by atoms with Crippen molar-refractivity contribution >= 4 is 0 Å². The summed E-state index contributed by atoms with van der Waals surface area (Å²) < 4.78 is 5.77. The van der Waals surface area contributed by atoms with Gasteiger partial charge >= 0.3 is 0 Å². The summed E-state index contributed by atoms with van der Waals surface area (Å²) in [7, 11) is 0. The first-order chi connectivity index (χ1) is 7.58. The Hall–Kier alpha value is -0.120. The van der Waals surface area contributed by atoms with Crippen molar-refractivity contribution in [3.63, 3.8) is 0 Å². The van der Waals surface area contributed by atoms with Crippen LogP contribution in [0.5, 0.6) is 0 Å². The topological polar surface area (TPSA) is 33.3 Å². The van der Waals surface area contributed by atoms with Crippen LogP contribution in [-0.2, 0) is 4.74 Å². The summed E-state index contributed by atoms with van der Waals surface area (Å²) >= 11 is 0. The van der Waals surface area contributed by atoms with Gasteiger partial charge in [-0.3, -0.25) is 0 Å². The molecule has 16 heavy (non-hydrogen) atoms. The molecule has 0 unspecified atom stereocenters. The molecule has 1 aliphatic carbocycles. The molecule has 0 aromatic heterocycles. The lowest BCUT2D eigenvalue weighted by molar-refractivity contribution is 0.0605. The minimum Gasteiger partial charge on any atom is -0.377 e. The highest BCUT2D eigenvalue weighted by Gasteiger charge is 2.14. The van der Waals surface area contributed by atoms with E-state index in [2.05, 4.69) is 31.4 Å². The minimum atomic E-state index is 0.224. The first-order valence-corrected chi connectivity index (χ1v) is 6.65. The monoisotopic (exact) mass is 228 g/mol. The second kappa shape index (κ2) is 7.25. The van der Waals surface area contributed by atoms with Gasteiger partial charge in [-0.05, 0) is 33.6 Å². The van der Waals surface area contributed by atoms with Crippen LogP contribution < -0.4 is 10.6 Å². The van der Waals surface area contributed by atoms with Crippen LogP contribution in [0.2, 0.25) is 0 Å². The second-order valence-corrected chi connectivity index (χ2v) is 5.70. The Balaban J connectivity index is 1.81. The smallest absolute Gasteiger partial charge is 0.0594 e. The van der Waals surface area contributed by atoms with Gasteiger partial charge in [-0.15, -0.1) is 0 Å². The van der Waals surface area contributed by atoms with E-state index in [1.165, 1.54) is 25.7 Å². The van der Waals surface area contributed by atoms with Gasteiger partial charge in [-0.1, -0.05) is 12.8 Å². The summed E-state index contributed by atoms with van der Waals surface area (Å²) in [5, 5.41) is 6.84. The van der Waals surface area contributed by atoms with Crippen LogP contribution in [0.1, 0.15) is 46.5 Å². The number of ether oxygens (including phenoxy) is 1. The predicted molar refractivity (Wildman–Crippen MR) is 68.8 cm³/mol. The molecule has 1 rings (SSSR count). The maximum Gasteiger partial charge on any atom is 0.0594 e. The fraction of sp³-hybridized carbons (Fsp3) is 1.00. The highest BCUT2D eigenvalue weighted by atomic mass is 16.5. The van der Waals surface area contributed by atoms with E-state index in [-0.39, 0.29) is 5.54 Å². The molecule has 1 fully saturated rings. The van der Waals surface area contributed by atoms with E-state index in [4.69, 9.17) is 4.74 Å². The Morgan fingerprint density at radius 1 is 1.06 bits per heavy atom. The lowest BCUT2D eigenvalue weighted by Crippen LogP contribution is -2.40. The van der Waals surface area contributed by atoms with Crippen molar-refractivity contribution in [2.45, 2.75) is 58.1 Å². The fourth-order valence-corrected chi connectivity index (χ4v) is 2.00. The molecule has 96 valence electrons. The third kappa shape index (κ3) is 7.20. The van der Waals surface area contributed by atoms with Gasteiger partial charge in [-0.2, -0.15) is 0 Å². The average molecular weight is 228 g/mol. The number of hydrogen-bond donors (Lipinski definition) is 2. The van der Waals surface area contributed by atoms with E-state index in [0.29, 0.717) is 6.10 Å². The molecule has 0 aromatic carbocycles. The van der Waals surface area contributed by atoms with E-state index >= 15 is 0 Å². The maximum absolute atomic E-state index is 5.77. The van der Waals surface area contributed by atoms with Gasteiger partial charge < -0.3 is 15.4 Å². The van der Waals surface area contributed by atoms with Gasteiger partial charge in [0.15, 0.2) is 0 Å².